The second-order valence-corrected chi connectivity index (χ2v) is 9.35. The summed E-state index contributed by atoms with van der Waals surface area (Å²) >= 11 is 0. The normalized spacial score (nSPS) is 32.0. The Morgan fingerprint density at radius 2 is 1.83 bits per heavy atom. The maximum atomic E-state index is 13.4. The Bertz CT molecular complexity index is 931. The number of hydrogen-bond acceptors (Lipinski definition) is 3. The van der Waals surface area contributed by atoms with Gasteiger partial charge in [-0.05, 0) is 86.1 Å². The lowest BCUT2D eigenvalue weighted by Gasteiger charge is -2.53. The molecule has 0 aromatic heterocycles. The van der Waals surface area contributed by atoms with Crippen LogP contribution in [0.5, 0.6) is 11.5 Å². The Balaban J connectivity index is 1.24. The molecule has 2 atom stereocenters. The van der Waals surface area contributed by atoms with Crippen LogP contribution in [0.1, 0.15) is 50.5 Å². The lowest BCUT2D eigenvalue weighted by atomic mass is 9.62. The van der Waals surface area contributed by atoms with Gasteiger partial charge in [0.05, 0.1) is 18.1 Å². The Labute approximate surface area is 176 Å². The molecular weight excluding hydrogens is 383 g/mol. The standard InChI is InChI=1S/C25H27FO4/c26-19-4-2-6-21(15-19)30-20-5-1-3-18(14-20)25-11-9-24(10-12-25,16-29-25)8-7-17-13-22(17)23(27)28/h1-6,14-15,17,22H,7-13,16H2,(H,27,28). The van der Waals surface area contributed by atoms with Crippen molar-refractivity contribution in [1.29, 1.82) is 0 Å². The number of ether oxygens (including phenoxy) is 2. The summed E-state index contributed by atoms with van der Waals surface area (Å²) in [6.45, 7) is 0.742. The molecule has 2 saturated carbocycles. The zero-order valence-electron chi connectivity index (χ0n) is 17.0. The second kappa shape index (κ2) is 7.38. The highest BCUT2D eigenvalue weighted by Gasteiger charge is 2.52. The first-order valence-corrected chi connectivity index (χ1v) is 10.9. The first-order valence-electron chi connectivity index (χ1n) is 10.9. The van der Waals surface area contributed by atoms with Crippen LogP contribution in [0.15, 0.2) is 48.5 Å². The summed E-state index contributed by atoms with van der Waals surface area (Å²) in [5.74, 6) is 0.461. The molecule has 2 aromatic carbocycles. The van der Waals surface area contributed by atoms with Crippen molar-refractivity contribution in [3.8, 4) is 11.5 Å². The molecule has 2 heterocycles. The van der Waals surface area contributed by atoms with E-state index in [1.165, 1.54) is 12.1 Å². The van der Waals surface area contributed by atoms with E-state index < -0.39 is 5.97 Å². The molecule has 6 rings (SSSR count). The molecule has 0 amide bonds. The van der Waals surface area contributed by atoms with Gasteiger partial charge in [0.25, 0.3) is 0 Å². The predicted molar refractivity (Wildman–Crippen MR) is 110 cm³/mol. The molecular formula is C25H27FO4. The molecule has 0 radical (unpaired) electrons. The Hall–Kier alpha value is -2.40. The Kier molecular flexibility index (Phi) is 4.81. The first kappa shape index (κ1) is 19.6. The third-order valence-electron chi connectivity index (χ3n) is 7.45. The molecule has 2 saturated heterocycles. The van der Waals surface area contributed by atoms with Crippen molar-refractivity contribution in [1.82, 2.24) is 0 Å². The van der Waals surface area contributed by atoms with E-state index in [9.17, 15) is 9.18 Å². The monoisotopic (exact) mass is 410 g/mol. The summed E-state index contributed by atoms with van der Waals surface area (Å²) in [6.07, 6.45) is 7.10. The number of carboxylic acid groups (broad SMARTS) is 1. The molecule has 2 bridgehead atoms. The lowest BCUT2D eigenvalue weighted by molar-refractivity contribution is -0.192. The smallest absolute Gasteiger partial charge is 0.306 e. The number of benzene rings is 2. The molecule has 2 aromatic rings. The quantitative estimate of drug-likeness (QED) is 0.617. The molecule has 158 valence electrons. The number of carbonyl (C=O) groups is 1. The van der Waals surface area contributed by atoms with Crippen molar-refractivity contribution in [2.24, 2.45) is 17.3 Å². The third-order valence-corrected chi connectivity index (χ3v) is 7.45. The van der Waals surface area contributed by atoms with E-state index in [0.717, 1.165) is 57.1 Å². The van der Waals surface area contributed by atoms with E-state index in [4.69, 9.17) is 14.6 Å². The van der Waals surface area contributed by atoms with Gasteiger partial charge in [0, 0.05) is 6.07 Å². The van der Waals surface area contributed by atoms with Crippen LogP contribution in [0.3, 0.4) is 0 Å². The average molecular weight is 410 g/mol. The summed E-state index contributed by atoms with van der Waals surface area (Å²) in [5.41, 5.74) is 1.06. The number of halogens is 1. The van der Waals surface area contributed by atoms with Gasteiger partial charge >= 0.3 is 5.97 Å². The second-order valence-electron chi connectivity index (χ2n) is 9.35. The highest BCUT2D eigenvalue weighted by atomic mass is 19.1. The third kappa shape index (κ3) is 3.71. The summed E-state index contributed by atoms with van der Waals surface area (Å²) in [4.78, 5) is 11.1. The van der Waals surface area contributed by atoms with Crippen molar-refractivity contribution in [3.63, 3.8) is 0 Å². The molecule has 2 unspecified atom stereocenters. The fourth-order valence-electron chi connectivity index (χ4n) is 5.33. The molecule has 4 aliphatic rings. The van der Waals surface area contributed by atoms with Crippen molar-refractivity contribution in [3.05, 3.63) is 59.9 Å². The van der Waals surface area contributed by atoms with Gasteiger partial charge in [-0.15, -0.1) is 0 Å². The van der Waals surface area contributed by atoms with Crippen LogP contribution in [-0.4, -0.2) is 17.7 Å². The molecule has 5 heteroatoms. The van der Waals surface area contributed by atoms with Gasteiger partial charge in [-0.3, -0.25) is 4.79 Å². The molecule has 0 spiro atoms. The van der Waals surface area contributed by atoms with E-state index >= 15 is 0 Å². The van der Waals surface area contributed by atoms with Gasteiger partial charge < -0.3 is 14.6 Å². The van der Waals surface area contributed by atoms with Crippen molar-refractivity contribution < 1.29 is 23.8 Å². The average Bonchev–Trinajstić information content (AvgIpc) is 3.54. The SMILES string of the molecule is O=C(O)C1CC1CCC12CCC(c3cccc(Oc4cccc(F)c4)c3)(CC1)OC2. The number of fused-ring (bicyclic) bond motifs is 3. The van der Waals surface area contributed by atoms with Crippen LogP contribution in [0.4, 0.5) is 4.39 Å². The topological polar surface area (TPSA) is 55.8 Å². The zero-order valence-corrected chi connectivity index (χ0v) is 17.0. The number of hydrogen-bond donors (Lipinski definition) is 1. The van der Waals surface area contributed by atoms with Crippen LogP contribution < -0.4 is 4.74 Å². The molecule has 4 nitrogen and oxygen atoms in total. The maximum Gasteiger partial charge on any atom is 0.306 e. The van der Waals surface area contributed by atoms with Crippen LogP contribution in [0.2, 0.25) is 0 Å². The van der Waals surface area contributed by atoms with Gasteiger partial charge in [-0.2, -0.15) is 0 Å². The Morgan fingerprint density at radius 3 is 2.47 bits per heavy atom. The minimum atomic E-state index is -0.639. The largest absolute Gasteiger partial charge is 0.481 e. The Morgan fingerprint density at radius 1 is 1.10 bits per heavy atom. The fourth-order valence-corrected chi connectivity index (χ4v) is 5.33. The van der Waals surface area contributed by atoms with Gasteiger partial charge in [0.1, 0.15) is 17.3 Å². The first-order chi connectivity index (χ1) is 14.5. The number of rotatable bonds is 7. The van der Waals surface area contributed by atoms with Crippen LogP contribution in [-0.2, 0) is 15.1 Å². The lowest BCUT2D eigenvalue weighted by Crippen LogP contribution is -2.49. The highest BCUT2D eigenvalue weighted by molar-refractivity contribution is 5.73. The molecule has 30 heavy (non-hydrogen) atoms. The van der Waals surface area contributed by atoms with Crippen LogP contribution in [0.25, 0.3) is 0 Å². The summed E-state index contributed by atoms with van der Waals surface area (Å²) in [6, 6.07) is 14.1. The molecule has 2 aliphatic carbocycles. The molecule has 1 N–H and O–H groups in total. The number of aliphatic carboxylic acids is 1. The molecule has 2 aliphatic heterocycles. The van der Waals surface area contributed by atoms with E-state index in [1.807, 2.05) is 18.2 Å². The van der Waals surface area contributed by atoms with Gasteiger partial charge in [0.2, 0.25) is 0 Å². The van der Waals surface area contributed by atoms with E-state index in [1.54, 1.807) is 12.1 Å². The van der Waals surface area contributed by atoms with E-state index in [-0.39, 0.29) is 22.8 Å². The van der Waals surface area contributed by atoms with Gasteiger partial charge in [0.15, 0.2) is 0 Å². The number of carboxylic acids is 1. The summed E-state index contributed by atoms with van der Waals surface area (Å²) in [5, 5.41) is 9.13. The highest BCUT2D eigenvalue weighted by Crippen LogP contribution is 2.57. The van der Waals surface area contributed by atoms with Crippen molar-refractivity contribution >= 4 is 5.97 Å². The maximum absolute atomic E-state index is 13.4. The summed E-state index contributed by atoms with van der Waals surface area (Å²) < 4.78 is 25.8. The van der Waals surface area contributed by atoms with Crippen molar-refractivity contribution in [2.75, 3.05) is 6.61 Å². The fraction of sp³-hybridized carbons (Fsp3) is 0.480. The van der Waals surface area contributed by atoms with Gasteiger partial charge in [-0.1, -0.05) is 18.2 Å². The minimum absolute atomic E-state index is 0.116. The van der Waals surface area contributed by atoms with Crippen LogP contribution >= 0.6 is 0 Å². The van der Waals surface area contributed by atoms with Gasteiger partial charge in [-0.25, -0.2) is 4.39 Å². The van der Waals surface area contributed by atoms with Crippen LogP contribution in [0, 0.1) is 23.1 Å². The minimum Gasteiger partial charge on any atom is -0.481 e. The van der Waals surface area contributed by atoms with E-state index in [2.05, 4.69) is 6.07 Å². The predicted octanol–water partition coefficient (Wildman–Crippen LogP) is 5.90. The van der Waals surface area contributed by atoms with Crippen molar-refractivity contribution in [2.45, 2.75) is 50.5 Å². The molecule has 4 fully saturated rings. The van der Waals surface area contributed by atoms with E-state index in [0.29, 0.717) is 17.4 Å². The zero-order chi connectivity index (χ0) is 20.8. The summed E-state index contributed by atoms with van der Waals surface area (Å²) in [7, 11) is 0.